The summed E-state index contributed by atoms with van der Waals surface area (Å²) in [5, 5.41) is 3.27. The number of unbranched alkanes of at least 4 members (excludes halogenated alkanes) is 1. The van der Waals surface area contributed by atoms with Crippen LogP contribution in [0.25, 0.3) is 0 Å². The Labute approximate surface area is 173 Å². The molecule has 2 heteroatoms. The number of amides is 1. The largest absolute Gasteiger partial charge is 0.330 e. The van der Waals surface area contributed by atoms with Crippen molar-refractivity contribution in [2.24, 2.45) is 46.3 Å². The Morgan fingerprint density at radius 2 is 1.89 bits per heavy atom. The van der Waals surface area contributed by atoms with E-state index < -0.39 is 0 Å². The Kier molecular flexibility index (Phi) is 5.47. The molecule has 1 heterocycles. The average Bonchev–Trinajstić information content (AvgIpc) is 2.96. The molecule has 1 saturated heterocycles. The normalized spacial score (nSPS) is 45.1. The van der Waals surface area contributed by atoms with Gasteiger partial charge >= 0.3 is 0 Å². The van der Waals surface area contributed by atoms with Crippen LogP contribution in [0, 0.1) is 46.3 Å². The fraction of sp³-hybridized carbons (Fsp3) is 0.885. The minimum absolute atomic E-state index is 0.210. The molecule has 4 aliphatic rings. The fourth-order valence-electron chi connectivity index (χ4n) is 8.05. The van der Waals surface area contributed by atoms with Crippen LogP contribution >= 0.6 is 0 Å². The third-order valence-corrected chi connectivity index (χ3v) is 9.73. The average molecular weight is 386 g/mol. The lowest BCUT2D eigenvalue weighted by Crippen LogP contribution is -2.55. The summed E-state index contributed by atoms with van der Waals surface area (Å²) in [6.07, 6.45) is 15.6. The van der Waals surface area contributed by atoms with Crippen molar-refractivity contribution in [3.8, 4) is 0 Å². The van der Waals surface area contributed by atoms with E-state index in [1.54, 1.807) is 0 Å². The summed E-state index contributed by atoms with van der Waals surface area (Å²) in [4.78, 5) is 12.0. The summed E-state index contributed by atoms with van der Waals surface area (Å²) >= 11 is 0. The maximum atomic E-state index is 12.0. The van der Waals surface area contributed by atoms with Gasteiger partial charge in [0.1, 0.15) is 0 Å². The number of nitrogens with one attached hydrogen (secondary N) is 1. The van der Waals surface area contributed by atoms with Gasteiger partial charge in [-0.05, 0) is 79.4 Å². The van der Waals surface area contributed by atoms with E-state index in [4.69, 9.17) is 0 Å². The zero-order valence-corrected chi connectivity index (χ0v) is 19.0. The van der Waals surface area contributed by atoms with Crippen molar-refractivity contribution in [3.63, 3.8) is 0 Å². The molecule has 0 spiro atoms. The van der Waals surface area contributed by atoms with Crippen LogP contribution in [0.15, 0.2) is 11.8 Å². The molecule has 28 heavy (non-hydrogen) atoms. The minimum atomic E-state index is 0.210. The number of hydrogen-bond donors (Lipinski definition) is 1. The highest BCUT2D eigenvalue weighted by Gasteiger charge is 2.59. The van der Waals surface area contributed by atoms with Crippen molar-refractivity contribution >= 4 is 5.91 Å². The number of piperidine rings is 1. The third-order valence-electron chi connectivity index (χ3n) is 9.73. The predicted octanol–water partition coefficient (Wildman–Crippen LogP) is 6.71. The summed E-state index contributed by atoms with van der Waals surface area (Å²) in [7, 11) is 0. The van der Waals surface area contributed by atoms with E-state index in [0.29, 0.717) is 17.8 Å². The lowest BCUT2D eigenvalue weighted by atomic mass is 9.47. The molecule has 0 aromatic carbocycles. The van der Waals surface area contributed by atoms with Gasteiger partial charge in [-0.15, -0.1) is 0 Å². The van der Waals surface area contributed by atoms with Crippen LogP contribution in [0.4, 0.5) is 0 Å². The molecule has 2 nitrogen and oxygen atoms in total. The van der Waals surface area contributed by atoms with E-state index in [1.807, 2.05) is 0 Å². The molecule has 2 saturated carbocycles. The highest BCUT2D eigenvalue weighted by molar-refractivity contribution is 5.79. The standard InChI is InChI=1S/C26H43NO/c1-17(2)8-6-7-9-19-10-11-20-24-18(3)16-22-26(5,15-13-23(28)27-22)21(24)12-14-25(19,20)4/h16-21,24H,6-15H2,1-5H3,(H,27,28)/t18?,19?,20-,21+,24-,25+,26+/m0/s1. The Balaban J connectivity index is 1.51. The zero-order chi connectivity index (χ0) is 20.1. The SMILES string of the molecule is CC(C)CCCCC1CC[C@H]2[C@@H]3C(C)C=C4NC(=O)CC[C@]4(C)[C@@H]3CC[C@]12C. The van der Waals surface area contributed by atoms with Crippen LogP contribution in [0.1, 0.15) is 98.8 Å². The number of hydrogen-bond acceptors (Lipinski definition) is 1. The highest BCUT2D eigenvalue weighted by Crippen LogP contribution is 2.66. The highest BCUT2D eigenvalue weighted by atomic mass is 16.1. The van der Waals surface area contributed by atoms with E-state index in [9.17, 15) is 4.79 Å². The van der Waals surface area contributed by atoms with Gasteiger partial charge in [0.05, 0.1) is 0 Å². The smallest absolute Gasteiger partial charge is 0.224 e. The van der Waals surface area contributed by atoms with Gasteiger partial charge in [-0.1, -0.05) is 60.0 Å². The lowest BCUT2D eigenvalue weighted by Gasteiger charge is -2.59. The molecule has 4 rings (SSSR count). The summed E-state index contributed by atoms with van der Waals surface area (Å²) in [6.45, 7) is 12.3. The first-order valence-electron chi connectivity index (χ1n) is 12.3. The summed E-state index contributed by atoms with van der Waals surface area (Å²) in [5.41, 5.74) is 2.04. The molecule has 1 N–H and O–H groups in total. The van der Waals surface area contributed by atoms with Gasteiger partial charge in [0, 0.05) is 17.5 Å². The monoisotopic (exact) mass is 385 g/mol. The van der Waals surface area contributed by atoms with Gasteiger partial charge in [-0.2, -0.15) is 0 Å². The number of allylic oxidation sites excluding steroid dienone is 2. The van der Waals surface area contributed by atoms with Crippen LogP contribution in [0.2, 0.25) is 0 Å². The molecule has 1 amide bonds. The zero-order valence-electron chi connectivity index (χ0n) is 19.0. The lowest BCUT2D eigenvalue weighted by molar-refractivity contribution is -0.125. The molecule has 0 radical (unpaired) electrons. The summed E-state index contributed by atoms with van der Waals surface area (Å²) in [5.74, 6) is 5.12. The van der Waals surface area contributed by atoms with Crippen molar-refractivity contribution in [1.82, 2.24) is 5.32 Å². The minimum Gasteiger partial charge on any atom is -0.330 e. The molecule has 2 unspecified atom stereocenters. The Morgan fingerprint density at radius 3 is 2.64 bits per heavy atom. The molecule has 1 aliphatic heterocycles. The Bertz CT molecular complexity index is 636. The molecule has 0 aromatic heterocycles. The van der Waals surface area contributed by atoms with E-state index in [1.165, 1.54) is 57.1 Å². The molecule has 0 aromatic rings. The Morgan fingerprint density at radius 1 is 1.11 bits per heavy atom. The van der Waals surface area contributed by atoms with Gasteiger partial charge in [-0.25, -0.2) is 0 Å². The number of rotatable bonds is 5. The Hall–Kier alpha value is -0.790. The second-order valence-corrected chi connectivity index (χ2v) is 11.7. The van der Waals surface area contributed by atoms with Crippen LogP contribution in [-0.4, -0.2) is 5.91 Å². The molecule has 158 valence electrons. The van der Waals surface area contributed by atoms with Crippen LogP contribution in [0.3, 0.4) is 0 Å². The first kappa shape index (κ1) is 20.5. The molecular formula is C26H43NO. The van der Waals surface area contributed by atoms with E-state index in [0.717, 1.165) is 36.0 Å². The molecule has 3 aliphatic carbocycles. The molecule has 0 bridgehead atoms. The van der Waals surface area contributed by atoms with Crippen molar-refractivity contribution < 1.29 is 4.79 Å². The molecule has 3 fully saturated rings. The summed E-state index contributed by atoms with van der Waals surface area (Å²) in [6, 6.07) is 0. The van der Waals surface area contributed by atoms with Gasteiger partial charge in [0.2, 0.25) is 5.91 Å². The van der Waals surface area contributed by atoms with Gasteiger partial charge in [0.25, 0.3) is 0 Å². The maximum Gasteiger partial charge on any atom is 0.224 e. The fourth-order valence-corrected chi connectivity index (χ4v) is 8.05. The van der Waals surface area contributed by atoms with Gasteiger partial charge in [-0.3, -0.25) is 4.79 Å². The first-order valence-corrected chi connectivity index (χ1v) is 12.3. The van der Waals surface area contributed by atoms with Gasteiger partial charge < -0.3 is 5.32 Å². The van der Waals surface area contributed by atoms with Crippen molar-refractivity contribution in [3.05, 3.63) is 11.8 Å². The van der Waals surface area contributed by atoms with Crippen molar-refractivity contribution in [1.29, 1.82) is 0 Å². The van der Waals surface area contributed by atoms with E-state index in [-0.39, 0.29) is 11.3 Å². The topological polar surface area (TPSA) is 29.1 Å². The number of carbonyl (C=O) groups excluding carboxylic acids is 1. The summed E-state index contributed by atoms with van der Waals surface area (Å²) < 4.78 is 0. The molecule has 7 atom stereocenters. The van der Waals surface area contributed by atoms with Crippen molar-refractivity contribution in [2.45, 2.75) is 98.8 Å². The van der Waals surface area contributed by atoms with E-state index in [2.05, 4.69) is 46.0 Å². The van der Waals surface area contributed by atoms with Crippen molar-refractivity contribution in [2.75, 3.05) is 0 Å². The number of carbonyl (C=O) groups is 1. The van der Waals surface area contributed by atoms with Crippen LogP contribution < -0.4 is 5.32 Å². The predicted molar refractivity (Wildman–Crippen MR) is 117 cm³/mol. The molecular weight excluding hydrogens is 342 g/mol. The third kappa shape index (κ3) is 3.27. The van der Waals surface area contributed by atoms with Crippen LogP contribution in [-0.2, 0) is 4.79 Å². The van der Waals surface area contributed by atoms with Gasteiger partial charge in [0.15, 0.2) is 0 Å². The maximum absolute atomic E-state index is 12.0. The first-order chi connectivity index (χ1) is 13.3. The second kappa shape index (κ2) is 7.47. The van der Waals surface area contributed by atoms with Crippen LogP contribution in [0.5, 0.6) is 0 Å². The quantitative estimate of drug-likeness (QED) is 0.523. The second-order valence-electron chi connectivity index (χ2n) is 11.7. The number of fused-ring (bicyclic) bond motifs is 5. The van der Waals surface area contributed by atoms with E-state index >= 15 is 0 Å².